The van der Waals surface area contributed by atoms with Crippen LogP contribution in [0.2, 0.25) is 0 Å². The fourth-order valence-electron chi connectivity index (χ4n) is 4.44. The number of benzene rings is 1. The number of piperazine rings is 1. The molecule has 2 fully saturated rings. The number of amides is 2. The second-order valence-corrected chi connectivity index (χ2v) is 10.7. The highest BCUT2D eigenvalue weighted by Gasteiger charge is 2.51. The topological polar surface area (TPSA) is 86.8 Å². The van der Waals surface area contributed by atoms with Gasteiger partial charge in [-0.1, -0.05) is 38.8 Å². The molecule has 1 heterocycles. The molecule has 0 radical (unpaired) electrons. The average molecular weight is 436 g/mol. The third kappa shape index (κ3) is 4.54. The summed E-state index contributed by atoms with van der Waals surface area (Å²) in [7, 11) is -3.61. The molecule has 0 bridgehead atoms. The molecule has 2 aliphatic rings. The van der Waals surface area contributed by atoms with E-state index in [0.29, 0.717) is 12.1 Å². The van der Waals surface area contributed by atoms with E-state index in [0.717, 1.165) is 37.7 Å². The Balaban J connectivity index is 1.97. The summed E-state index contributed by atoms with van der Waals surface area (Å²) in [6.07, 6.45) is 5.30. The van der Waals surface area contributed by atoms with E-state index in [-0.39, 0.29) is 36.7 Å². The first kappa shape index (κ1) is 22.7. The minimum absolute atomic E-state index is 0.0359. The molecular formula is C22H33N3O4S. The Hall–Kier alpha value is -1.93. The summed E-state index contributed by atoms with van der Waals surface area (Å²) >= 11 is 0. The fourth-order valence-corrected chi connectivity index (χ4v) is 5.97. The maximum absolute atomic E-state index is 13.4. The Morgan fingerprint density at radius 1 is 1.17 bits per heavy atom. The number of aryl methyl sites for hydroxylation is 1. The standard InChI is InChI=1S/C22H33N3O4S/c1-4-14-30(28,29)24-15-20(26)25(19-12-10-17(5-2)11-13-19)22(3,16-24)21(27)23-18-8-6-7-9-18/h10-13,18H,4-9,14-16H2,1-3H3,(H,23,27)/t22-/m0/s1. The van der Waals surface area contributed by atoms with Crippen LogP contribution in [0, 0.1) is 0 Å². The molecule has 1 aliphatic heterocycles. The number of nitrogens with zero attached hydrogens (tertiary/aromatic N) is 2. The van der Waals surface area contributed by atoms with Gasteiger partial charge < -0.3 is 5.32 Å². The quantitative estimate of drug-likeness (QED) is 0.713. The number of sulfonamides is 1. The van der Waals surface area contributed by atoms with Crippen LogP contribution in [0.15, 0.2) is 24.3 Å². The minimum atomic E-state index is -3.61. The van der Waals surface area contributed by atoms with Crippen LogP contribution < -0.4 is 10.2 Å². The lowest BCUT2D eigenvalue weighted by molar-refractivity contribution is -0.133. The molecule has 7 nitrogen and oxygen atoms in total. The largest absolute Gasteiger partial charge is 0.351 e. The molecule has 1 aromatic rings. The van der Waals surface area contributed by atoms with Gasteiger partial charge in [0, 0.05) is 18.3 Å². The molecule has 30 heavy (non-hydrogen) atoms. The molecule has 0 unspecified atom stereocenters. The third-order valence-electron chi connectivity index (χ3n) is 6.18. The first-order valence-corrected chi connectivity index (χ1v) is 12.5. The van der Waals surface area contributed by atoms with Crippen LogP contribution in [0.4, 0.5) is 5.69 Å². The zero-order chi connectivity index (χ0) is 21.9. The van der Waals surface area contributed by atoms with Crippen LogP contribution in [0.25, 0.3) is 0 Å². The van der Waals surface area contributed by atoms with Crippen molar-refractivity contribution in [2.45, 2.75) is 70.9 Å². The summed E-state index contributed by atoms with van der Waals surface area (Å²) in [6, 6.07) is 7.65. The van der Waals surface area contributed by atoms with E-state index in [1.165, 1.54) is 9.21 Å². The lowest BCUT2D eigenvalue weighted by Gasteiger charge is -2.47. The van der Waals surface area contributed by atoms with Crippen LogP contribution in [-0.2, 0) is 26.0 Å². The van der Waals surface area contributed by atoms with Gasteiger partial charge in [0.05, 0.1) is 12.3 Å². The summed E-state index contributed by atoms with van der Waals surface area (Å²) in [5, 5.41) is 3.08. The zero-order valence-corrected chi connectivity index (χ0v) is 19.0. The summed E-state index contributed by atoms with van der Waals surface area (Å²) in [6.45, 7) is 5.23. The molecule has 1 aromatic carbocycles. The van der Waals surface area contributed by atoms with Crippen molar-refractivity contribution < 1.29 is 18.0 Å². The van der Waals surface area contributed by atoms with Crippen LogP contribution in [0.5, 0.6) is 0 Å². The molecular weight excluding hydrogens is 402 g/mol. The van der Waals surface area contributed by atoms with Crippen LogP contribution >= 0.6 is 0 Å². The minimum Gasteiger partial charge on any atom is -0.351 e. The summed E-state index contributed by atoms with van der Waals surface area (Å²) < 4.78 is 26.7. The third-order valence-corrected chi connectivity index (χ3v) is 8.15. The molecule has 1 saturated heterocycles. The molecule has 1 atom stereocenters. The maximum Gasteiger partial charge on any atom is 0.247 e. The second kappa shape index (κ2) is 9.06. The van der Waals surface area contributed by atoms with Crippen molar-refractivity contribution in [2.75, 3.05) is 23.7 Å². The number of nitrogens with one attached hydrogen (secondary N) is 1. The Morgan fingerprint density at radius 2 is 1.80 bits per heavy atom. The van der Waals surface area contributed by atoms with Crippen molar-refractivity contribution in [3.63, 3.8) is 0 Å². The Bertz CT molecular complexity index is 878. The van der Waals surface area contributed by atoms with Crippen molar-refractivity contribution in [1.82, 2.24) is 9.62 Å². The summed E-state index contributed by atoms with van der Waals surface area (Å²) in [5.41, 5.74) is 0.438. The first-order chi connectivity index (χ1) is 14.2. The number of rotatable bonds is 7. The Labute approximate surface area is 179 Å². The first-order valence-electron chi connectivity index (χ1n) is 10.9. The maximum atomic E-state index is 13.4. The van der Waals surface area contributed by atoms with E-state index in [4.69, 9.17) is 0 Å². The molecule has 3 rings (SSSR count). The average Bonchev–Trinajstić information content (AvgIpc) is 3.21. The van der Waals surface area contributed by atoms with Gasteiger partial charge in [0.2, 0.25) is 21.8 Å². The van der Waals surface area contributed by atoms with Crippen molar-refractivity contribution >= 4 is 27.5 Å². The predicted molar refractivity (Wildman–Crippen MR) is 118 cm³/mol. The van der Waals surface area contributed by atoms with E-state index < -0.39 is 15.6 Å². The van der Waals surface area contributed by atoms with Crippen LogP contribution in [-0.4, -0.2) is 55.0 Å². The molecule has 0 spiro atoms. The molecule has 8 heteroatoms. The summed E-state index contributed by atoms with van der Waals surface area (Å²) in [5.74, 6) is -0.709. The van der Waals surface area contributed by atoms with Crippen molar-refractivity contribution in [1.29, 1.82) is 0 Å². The van der Waals surface area contributed by atoms with Gasteiger partial charge >= 0.3 is 0 Å². The number of anilines is 1. The lowest BCUT2D eigenvalue weighted by Crippen LogP contribution is -2.70. The second-order valence-electron chi connectivity index (χ2n) is 8.56. The highest BCUT2D eigenvalue weighted by molar-refractivity contribution is 7.89. The van der Waals surface area contributed by atoms with Gasteiger partial charge in [-0.2, -0.15) is 4.31 Å². The molecule has 2 amide bonds. The van der Waals surface area contributed by atoms with Gasteiger partial charge in [-0.25, -0.2) is 8.42 Å². The smallest absolute Gasteiger partial charge is 0.247 e. The fraction of sp³-hybridized carbons (Fsp3) is 0.636. The molecule has 166 valence electrons. The number of hydrogen-bond donors (Lipinski definition) is 1. The summed E-state index contributed by atoms with van der Waals surface area (Å²) in [4.78, 5) is 28.1. The van der Waals surface area contributed by atoms with Crippen molar-refractivity contribution in [3.8, 4) is 0 Å². The van der Waals surface area contributed by atoms with Crippen LogP contribution in [0.3, 0.4) is 0 Å². The SMILES string of the molecule is CCCS(=O)(=O)N1CC(=O)N(c2ccc(CC)cc2)[C@](C)(C(=O)NC2CCCC2)C1. The van der Waals surface area contributed by atoms with E-state index in [2.05, 4.69) is 12.2 Å². The van der Waals surface area contributed by atoms with Gasteiger partial charge in [-0.05, 0) is 50.3 Å². The highest BCUT2D eigenvalue weighted by atomic mass is 32.2. The van der Waals surface area contributed by atoms with Crippen LogP contribution in [0.1, 0.15) is 58.4 Å². The zero-order valence-electron chi connectivity index (χ0n) is 18.2. The lowest BCUT2D eigenvalue weighted by atomic mass is 9.93. The van der Waals surface area contributed by atoms with E-state index >= 15 is 0 Å². The van der Waals surface area contributed by atoms with Gasteiger partial charge in [0.25, 0.3) is 0 Å². The molecule has 1 N–H and O–H groups in total. The van der Waals surface area contributed by atoms with Crippen molar-refractivity contribution in [2.24, 2.45) is 0 Å². The molecule has 1 saturated carbocycles. The number of carbonyl (C=O) groups excluding carboxylic acids is 2. The predicted octanol–water partition coefficient (Wildman–Crippen LogP) is 2.45. The molecule has 0 aromatic heterocycles. The highest BCUT2D eigenvalue weighted by Crippen LogP contribution is 2.32. The van der Waals surface area contributed by atoms with E-state index in [9.17, 15) is 18.0 Å². The van der Waals surface area contributed by atoms with Gasteiger partial charge in [-0.15, -0.1) is 0 Å². The Kier molecular flexibility index (Phi) is 6.87. The van der Waals surface area contributed by atoms with E-state index in [1.54, 1.807) is 13.8 Å². The van der Waals surface area contributed by atoms with Crippen molar-refractivity contribution in [3.05, 3.63) is 29.8 Å². The monoisotopic (exact) mass is 435 g/mol. The number of hydrogen-bond acceptors (Lipinski definition) is 4. The van der Waals surface area contributed by atoms with Gasteiger partial charge in [0.15, 0.2) is 0 Å². The van der Waals surface area contributed by atoms with Gasteiger partial charge in [-0.3, -0.25) is 14.5 Å². The Morgan fingerprint density at radius 3 is 2.37 bits per heavy atom. The number of carbonyl (C=O) groups is 2. The molecule has 1 aliphatic carbocycles. The van der Waals surface area contributed by atoms with Gasteiger partial charge in [0.1, 0.15) is 5.54 Å². The van der Waals surface area contributed by atoms with E-state index in [1.807, 2.05) is 24.3 Å². The normalized spacial score (nSPS) is 23.7.